The van der Waals surface area contributed by atoms with Gasteiger partial charge in [0.15, 0.2) is 0 Å². The van der Waals surface area contributed by atoms with Crippen LogP contribution in [0.2, 0.25) is 0 Å². The minimum atomic E-state index is -0.776. The average molecular weight is 368 g/mol. The van der Waals surface area contributed by atoms with Crippen LogP contribution in [0, 0.1) is 6.92 Å². The van der Waals surface area contributed by atoms with Crippen LogP contribution < -0.4 is 10.2 Å². The van der Waals surface area contributed by atoms with Crippen LogP contribution in [0.15, 0.2) is 42.5 Å². The third-order valence-corrected chi connectivity index (χ3v) is 5.24. The van der Waals surface area contributed by atoms with Gasteiger partial charge < -0.3 is 20.4 Å². The number of carbonyl (C=O) groups is 1. The maximum atomic E-state index is 11.2. The summed E-state index contributed by atoms with van der Waals surface area (Å²) < 4.78 is 0. The quantitative estimate of drug-likeness (QED) is 0.680. The van der Waals surface area contributed by atoms with Crippen molar-refractivity contribution < 1.29 is 15.0 Å². The van der Waals surface area contributed by atoms with Gasteiger partial charge in [0.05, 0.1) is 23.9 Å². The Hall–Kier alpha value is -2.53. The van der Waals surface area contributed by atoms with Gasteiger partial charge in [-0.1, -0.05) is 30.7 Å². The summed E-state index contributed by atoms with van der Waals surface area (Å²) in [5.74, 6) is -0.791. The molecule has 0 spiro atoms. The Bertz CT molecular complexity index is 789. The van der Waals surface area contributed by atoms with E-state index in [1.165, 1.54) is 5.56 Å². The monoisotopic (exact) mass is 368 g/mol. The van der Waals surface area contributed by atoms with Crippen molar-refractivity contribution in [1.82, 2.24) is 0 Å². The lowest BCUT2D eigenvalue weighted by atomic mass is 9.92. The van der Waals surface area contributed by atoms with Crippen molar-refractivity contribution in [3.63, 3.8) is 0 Å². The van der Waals surface area contributed by atoms with Crippen molar-refractivity contribution in [2.75, 3.05) is 23.3 Å². The van der Waals surface area contributed by atoms with Crippen molar-refractivity contribution in [2.24, 2.45) is 0 Å². The van der Waals surface area contributed by atoms with E-state index in [9.17, 15) is 15.0 Å². The number of aryl methyl sites for hydroxylation is 1. The van der Waals surface area contributed by atoms with E-state index in [2.05, 4.69) is 41.4 Å². The predicted molar refractivity (Wildman–Crippen MR) is 109 cm³/mol. The number of aliphatic hydroxyl groups is 1. The molecule has 0 saturated carbocycles. The molecule has 2 aromatic carbocycles. The molecule has 3 N–H and O–H groups in total. The van der Waals surface area contributed by atoms with E-state index in [0.29, 0.717) is 6.54 Å². The summed E-state index contributed by atoms with van der Waals surface area (Å²) in [5, 5.41) is 22.6. The number of β-amino-alcohol motifs (C(OH)–C–C–N with tert-alkyl or cyclic N) is 1. The second kappa shape index (κ2) is 8.44. The maximum Gasteiger partial charge on any atom is 0.303 e. The van der Waals surface area contributed by atoms with Crippen LogP contribution in [0.1, 0.15) is 43.2 Å². The number of hydrogen-bond acceptors (Lipinski definition) is 4. The highest BCUT2D eigenvalue weighted by Crippen LogP contribution is 2.35. The van der Waals surface area contributed by atoms with Crippen LogP contribution in [0.4, 0.5) is 17.1 Å². The number of aliphatic hydroxyl groups excluding tert-OH is 1. The summed E-state index contributed by atoms with van der Waals surface area (Å²) in [6, 6.07) is 14.3. The van der Waals surface area contributed by atoms with Gasteiger partial charge in [-0.05, 0) is 55.5 Å². The van der Waals surface area contributed by atoms with Crippen molar-refractivity contribution in [3.8, 4) is 0 Å². The third-order valence-electron chi connectivity index (χ3n) is 5.24. The Morgan fingerprint density at radius 2 is 2.00 bits per heavy atom. The first-order chi connectivity index (χ1) is 13.0. The molecule has 0 amide bonds. The van der Waals surface area contributed by atoms with Crippen molar-refractivity contribution in [3.05, 3.63) is 53.6 Å². The van der Waals surface area contributed by atoms with Crippen molar-refractivity contribution in [2.45, 2.75) is 45.1 Å². The van der Waals surface area contributed by atoms with E-state index in [-0.39, 0.29) is 18.4 Å². The van der Waals surface area contributed by atoms with Gasteiger partial charge in [-0.25, -0.2) is 0 Å². The number of hydrogen-bond donors (Lipinski definition) is 3. The highest BCUT2D eigenvalue weighted by Gasteiger charge is 2.23. The number of aliphatic carboxylic acids is 1. The minimum Gasteiger partial charge on any atom is -0.481 e. The molecule has 0 radical (unpaired) electrons. The molecule has 1 aliphatic rings. The molecule has 5 heteroatoms. The lowest BCUT2D eigenvalue weighted by Gasteiger charge is -2.24. The summed E-state index contributed by atoms with van der Waals surface area (Å²) in [5.41, 5.74) is 5.21. The zero-order chi connectivity index (χ0) is 19.4. The highest BCUT2D eigenvalue weighted by molar-refractivity contribution is 5.77. The molecule has 3 rings (SSSR count). The number of carboxylic acid groups (broad SMARTS) is 1. The Balaban J connectivity index is 1.95. The molecule has 27 heavy (non-hydrogen) atoms. The van der Waals surface area contributed by atoms with Crippen LogP contribution in [-0.4, -0.2) is 35.4 Å². The number of nitrogens with zero attached hydrogens (tertiary/aromatic N) is 1. The highest BCUT2D eigenvalue weighted by atomic mass is 16.4. The first kappa shape index (κ1) is 19.2. The van der Waals surface area contributed by atoms with Gasteiger partial charge in [-0.3, -0.25) is 4.79 Å². The molecular formula is C22H28N2O3. The average Bonchev–Trinajstić information content (AvgIpc) is 3.07. The van der Waals surface area contributed by atoms with Crippen LogP contribution in [-0.2, 0) is 4.79 Å². The van der Waals surface area contributed by atoms with E-state index in [1.54, 1.807) is 0 Å². The van der Waals surface area contributed by atoms with E-state index in [1.807, 2.05) is 25.1 Å². The summed E-state index contributed by atoms with van der Waals surface area (Å²) in [6.45, 7) is 5.51. The summed E-state index contributed by atoms with van der Waals surface area (Å²) >= 11 is 0. The van der Waals surface area contributed by atoms with Gasteiger partial charge in [-0.15, -0.1) is 0 Å². The fourth-order valence-electron chi connectivity index (χ4n) is 3.65. The van der Waals surface area contributed by atoms with Crippen LogP contribution >= 0.6 is 0 Å². The molecule has 144 valence electrons. The Morgan fingerprint density at radius 1 is 1.26 bits per heavy atom. The van der Waals surface area contributed by atoms with Gasteiger partial charge in [-0.2, -0.15) is 0 Å². The van der Waals surface area contributed by atoms with Gasteiger partial charge in [0, 0.05) is 18.8 Å². The number of benzene rings is 2. The first-order valence-electron chi connectivity index (χ1n) is 9.58. The Labute approximate surface area is 160 Å². The molecule has 5 nitrogen and oxygen atoms in total. The van der Waals surface area contributed by atoms with Gasteiger partial charge in [0.25, 0.3) is 0 Å². The minimum absolute atomic E-state index is 0.0145. The topological polar surface area (TPSA) is 72.8 Å². The second-order valence-electron chi connectivity index (χ2n) is 7.36. The third kappa shape index (κ3) is 4.80. The fourth-order valence-corrected chi connectivity index (χ4v) is 3.65. The van der Waals surface area contributed by atoms with Gasteiger partial charge in [0.1, 0.15) is 0 Å². The lowest BCUT2D eigenvalue weighted by Crippen LogP contribution is -2.22. The van der Waals surface area contributed by atoms with Crippen LogP contribution in [0.3, 0.4) is 0 Å². The number of rotatable bonds is 7. The predicted octanol–water partition coefficient (Wildman–Crippen LogP) is 4.28. The molecule has 1 heterocycles. The molecular weight excluding hydrogens is 340 g/mol. The molecule has 1 fully saturated rings. The largest absolute Gasteiger partial charge is 0.481 e. The van der Waals surface area contributed by atoms with Gasteiger partial charge >= 0.3 is 5.97 Å². The smallest absolute Gasteiger partial charge is 0.303 e. The summed E-state index contributed by atoms with van der Waals surface area (Å²) in [6.07, 6.45) is 1.37. The molecule has 2 aromatic rings. The SMILES string of the molecule is CCC(CC(=O)O)c1ccc(N2CC[C@H](O)C2)c(Nc2ccc(C)cc2)c1. The number of carboxylic acids is 1. The van der Waals surface area contributed by atoms with Crippen LogP contribution in [0.5, 0.6) is 0 Å². The maximum absolute atomic E-state index is 11.2. The summed E-state index contributed by atoms with van der Waals surface area (Å²) in [4.78, 5) is 13.4. The zero-order valence-corrected chi connectivity index (χ0v) is 16.0. The Kier molecular flexibility index (Phi) is 6.01. The molecule has 0 bridgehead atoms. The Morgan fingerprint density at radius 3 is 2.59 bits per heavy atom. The lowest BCUT2D eigenvalue weighted by molar-refractivity contribution is -0.137. The van der Waals surface area contributed by atoms with Crippen molar-refractivity contribution in [1.29, 1.82) is 0 Å². The van der Waals surface area contributed by atoms with Crippen molar-refractivity contribution >= 4 is 23.0 Å². The fraction of sp³-hybridized carbons (Fsp3) is 0.409. The second-order valence-corrected chi connectivity index (χ2v) is 7.36. The number of nitrogens with one attached hydrogen (secondary N) is 1. The molecule has 1 aliphatic heterocycles. The molecule has 1 unspecified atom stereocenters. The van der Waals surface area contributed by atoms with E-state index in [0.717, 1.165) is 42.0 Å². The van der Waals surface area contributed by atoms with Gasteiger partial charge in [0.2, 0.25) is 0 Å². The molecule has 2 atom stereocenters. The van der Waals surface area contributed by atoms with E-state index in [4.69, 9.17) is 0 Å². The molecule has 1 saturated heterocycles. The summed E-state index contributed by atoms with van der Waals surface area (Å²) in [7, 11) is 0. The zero-order valence-electron chi connectivity index (χ0n) is 16.0. The molecule has 0 aromatic heterocycles. The number of anilines is 3. The van der Waals surface area contributed by atoms with E-state index < -0.39 is 5.97 Å². The normalized spacial score (nSPS) is 17.7. The van der Waals surface area contributed by atoms with E-state index >= 15 is 0 Å². The standard InChI is InChI=1S/C22H28N2O3/c1-3-16(13-22(26)27)17-6-9-21(24-11-10-19(25)14-24)20(12-17)23-18-7-4-15(2)5-8-18/h4-9,12,16,19,23,25H,3,10-11,13-14H2,1-2H3,(H,26,27)/t16?,19-/m0/s1. The van der Waals surface area contributed by atoms with Crippen LogP contribution in [0.25, 0.3) is 0 Å². The molecule has 0 aliphatic carbocycles. The first-order valence-corrected chi connectivity index (χ1v) is 9.58.